The molecule has 0 aliphatic heterocycles. The lowest BCUT2D eigenvalue weighted by molar-refractivity contribution is 0.601. The summed E-state index contributed by atoms with van der Waals surface area (Å²) in [5.74, 6) is 0. The van der Waals surface area contributed by atoms with E-state index in [1.165, 1.54) is 12.0 Å². The zero-order chi connectivity index (χ0) is 11.0. The molecule has 0 heterocycles. The summed E-state index contributed by atoms with van der Waals surface area (Å²) in [6, 6.07) is 0.470. The Hall–Kier alpha value is -0.920. The van der Waals surface area contributed by atoms with E-state index < -0.39 is 0 Å². The smallest absolute Gasteiger partial charge is 0.0719 e. The van der Waals surface area contributed by atoms with Crippen LogP contribution in [0.25, 0.3) is 0 Å². The molecule has 0 amide bonds. The number of unbranched alkanes of at least 4 members (excludes halogenated alkanes) is 1. The summed E-state index contributed by atoms with van der Waals surface area (Å²) in [6.07, 6.45) is 5.46. The van der Waals surface area contributed by atoms with Gasteiger partial charge in [-0.2, -0.15) is 0 Å². The van der Waals surface area contributed by atoms with Gasteiger partial charge in [-0.25, -0.2) is 0 Å². The summed E-state index contributed by atoms with van der Waals surface area (Å²) in [5.41, 5.74) is 1.30. The molecule has 0 aromatic rings. The minimum atomic E-state index is 0.210. The van der Waals surface area contributed by atoms with E-state index in [0.717, 1.165) is 12.8 Å². The average molecular weight is 194 g/mol. The predicted molar refractivity (Wildman–Crippen MR) is 65.6 cm³/mol. The molecule has 0 aromatic heterocycles. The van der Waals surface area contributed by atoms with Gasteiger partial charge in [-0.05, 0) is 40.1 Å². The summed E-state index contributed by atoms with van der Waals surface area (Å²) >= 11 is 0. The summed E-state index contributed by atoms with van der Waals surface area (Å²) in [5, 5.41) is 0. The van der Waals surface area contributed by atoms with E-state index >= 15 is 0 Å². The third-order valence-electron chi connectivity index (χ3n) is 2.38. The lowest BCUT2D eigenvalue weighted by Gasteiger charge is -2.15. The molecule has 80 valence electrons. The number of aliphatic imine (C=N–C) groups is 2. The van der Waals surface area contributed by atoms with E-state index in [1.807, 2.05) is 0 Å². The number of allylic oxidation sites excluding steroid dienone is 1. The van der Waals surface area contributed by atoms with Gasteiger partial charge in [0, 0.05) is 6.04 Å². The van der Waals surface area contributed by atoms with Gasteiger partial charge in [0.15, 0.2) is 0 Å². The molecule has 0 aliphatic carbocycles. The van der Waals surface area contributed by atoms with Crippen LogP contribution in [0.4, 0.5) is 0 Å². The Morgan fingerprint density at radius 1 is 1.36 bits per heavy atom. The minimum absolute atomic E-state index is 0.210. The van der Waals surface area contributed by atoms with Crippen molar-refractivity contribution in [1.82, 2.24) is 0 Å². The Kier molecular flexibility index (Phi) is 6.99. The molecule has 0 rings (SSSR count). The summed E-state index contributed by atoms with van der Waals surface area (Å²) < 4.78 is 0. The van der Waals surface area contributed by atoms with Gasteiger partial charge in [0.05, 0.1) is 6.04 Å². The van der Waals surface area contributed by atoms with E-state index in [-0.39, 0.29) is 12.1 Å². The van der Waals surface area contributed by atoms with Crippen LogP contribution in [0.15, 0.2) is 21.6 Å². The molecule has 0 spiro atoms. The van der Waals surface area contributed by atoms with E-state index in [2.05, 4.69) is 50.3 Å². The zero-order valence-electron chi connectivity index (χ0n) is 9.66. The molecule has 14 heavy (non-hydrogen) atoms. The third kappa shape index (κ3) is 4.95. The van der Waals surface area contributed by atoms with Crippen molar-refractivity contribution in [1.29, 1.82) is 0 Å². The van der Waals surface area contributed by atoms with E-state index in [9.17, 15) is 0 Å². The quantitative estimate of drug-likeness (QED) is 0.439. The highest BCUT2D eigenvalue weighted by molar-refractivity contribution is 5.28. The topological polar surface area (TPSA) is 24.7 Å². The first-order chi connectivity index (χ1) is 6.65. The molecule has 0 aliphatic rings. The standard InChI is InChI=1S/C12H22N2/c1-6-7-8-10(2)12(14-5)9-11(3)13-4/h8,11-12H,4-7,9H2,1-3H3/b10-8+. The van der Waals surface area contributed by atoms with Crippen molar-refractivity contribution >= 4 is 13.4 Å². The molecule has 0 N–H and O–H groups in total. The second-order valence-corrected chi connectivity index (χ2v) is 3.70. The summed E-state index contributed by atoms with van der Waals surface area (Å²) in [4.78, 5) is 8.10. The summed E-state index contributed by atoms with van der Waals surface area (Å²) in [6.45, 7) is 13.5. The fraction of sp³-hybridized carbons (Fsp3) is 0.667. The maximum atomic E-state index is 4.12. The van der Waals surface area contributed by atoms with Crippen molar-refractivity contribution in [2.75, 3.05) is 0 Å². The molecular formula is C12H22N2. The van der Waals surface area contributed by atoms with E-state index in [4.69, 9.17) is 0 Å². The molecular weight excluding hydrogens is 172 g/mol. The zero-order valence-corrected chi connectivity index (χ0v) is 9.66. The first kappa shape index (κ1) is 13.1. The molecule has 2 heteroatoms. The fourth-order valence-corrected chi connectivity index (χ4v) is 1.31. The fourth-order valence-electron chi connectivity index (χ4n) is 1.31. The number of hydrogen-bond donors (Lipinski definition) is 0. The van der Waals surface area contributed by atoms with Gasteiger partial charge in [-0.1, -0.05) is 25.0 Å². The van der Waals surface area contributed by atoms with Gasteiger partial charge in [-0.15, -0.1) is 0 Å². The van der Waals surface area contributed by atoms with Crippen LogP contribution in [-0.2, 0) is 0 Å². The SMILES string of the molecule is C=NC(C)CC(N=C)/C(C)=C/CCC. The molecule has 0 saturated heterocycles. The molecule has 2 nitrogen and oxygen atoms in total. The van der Waals surface area contributed by atoms with Gasteiger partial charge in [0.25, 0.3) is 0 Å². The Balaban J connectivity index is 4.24. The first-order valence-electron chi connectivity index (χ1n) is 5.24. The van der Waals surface area contributed by atoms with Crippen LogP contribution in [0.5, 0.6) is 0 Å². The van der Waals surface area contributed by atoms with Crippen molar-refractivity contribution in [3.63, 3.8) is 0 Å². The lowest BCUT2D eigenvalue weighted by Crippen LogP contribution is -2.13. The van der Waals surface area contributed by atoms with Gasteiger partial charge < -0.3 is 0 Å². The Morgan fingerprint density at radius 3 is 2.43 bits per heavy atom. The van der Waals surface area contributed by atoms with Crippen LogP contribution >= 0.6 is 0 Å². The largest absolute Gasteiger partial charge is 0.298 e. The van der Waals surface area contributed by atoms with Crippen LogP contribution in [0, 0.1) is 0 Å². The monoisotopic (exact) mass is 194 g/mol. The summed E-state index contributed by atoms with van der Waals surface area (Å²) in [7, 11) is 0. The Morgan fingerprint density at radius 2 is 2.00 bits per heavy atom. The van der Waals surface area contributed by atoms with Crippen molar-refractivity contribution in [2.24, 2.45) is 9.98 Å². The second-order valence-electron chi connectivity index (χ2n) is 3.70. The van der Waals surface area contributed by atoms with Crippen molar-refractivity contribution in [3.8, 4) is 0 Å². The number of nitrogens with zero attached hydrogens (tertiary/aromatic N) is 2. The van der Waals surface area contributed by atoms with Crippen molar-refractivity contribution < 1.29 is 0 Å². The highest BCUT2D eigenvalue weighted by Gasteiger charge is 2.10. The normalized spacial score (nSPS) is 16.1. The highest BCUT2D eigenvalue weighted by atomic mass is 14.8. The van der Waals surface area contributed by atoms with E-state index in [1.54, 1.807) is 0 Å². The molecule has 2 atom stereocenters. The second kappa shape index (κ2) is 7.48. The molecule has 0 radical (unpaired) electrons. The van der Waals surface area contributed by atoms with Crippen LogP contribution in [-0.4, -0.2) is 25.5 Å². The van der Waals surface area contributed by atoms with Crippen LogP contribution in [0.2, 0.25) is 0 Å². The average Bonchev–Trinajstić information content (AvgIpc) is 2.21. The van der Waals surface area contributed by atoms with Crippen molar-refractivity contribution in [3.05, 3.63) is 11.6 Å². The van der Waals surface area contributed by atoms with Crippen LogP contribution < -0.4 is 0 Å². The molecule has 2 unspecified atom stereocenters. The molecule has 0 aromatic carbocycles. The lowest BCUT2D eigenvalue weighted by atomic mass is 10.0. The van der Waals surface area contributed by atoms with Gasteiger partial charge >= 0.3 is 0 Å². The molecule has 0 bridgehead atoms. The maximum Gasteiger partial charge on any atom is 0.0719 e. The first-order valence-corrected chi connectivity index (χ1v) is 5.24. The van der Waals surface area contributed by atoms with Crippen LogP contribution in [0.3, 0.4) is 0 Å². The van der Waals surface area contributed by atoms with Crippen molar-refractivity contribution in [2.45, 2.75) is 52.1 Å². The van der Waals surface area contributed by atoms with Gasteiger partial charge in [0.1, 0.15) is 0 Å². The van der Waals surface area contributed by atoms with Crippen LogP contribution in [0.1, 0.15) is 40.0 Å². The minimum Gasteiger partial charge on any atom is -0.298 e. The number of rotatable bonds is 7. The maximum absolute atomic E-state index is 4.12. The number of hydrogen-bond acceptors (Lipinski definition) is 2. The Labute approximate surface area is 87.9 Å². The third-order valence-corrected chi connectivity index (χ3v) is 2.38. The predicted octanol–water partition coefficient (Wildman–Crippen LogP) is 3.28. The van der Waals surface area contributed by atoms with Gasteiger partial charge in [0.2, 0.25) is 0 Å². The molecule has 0 fully saturated rings. The highest BCUT2D eigenvalue weighted by Crippen LogP contribution is 2.14. The molecule has 0 saturated carbocycles. The van der Waals surface area contributed by atoms with Gasteiger partial charge in [-0.3, -0.25) is 9.98 Å². The Bertz CT molecular complexity index is 206. The van der Waals surface area contributed by atoms with E-state index in [0.29, 0.717) is 0 Å².